The average Bonchev–Trinajstić information content (AvgIpc) is 1.94. The van der Waals surface area contributed by atoms with E-state index in [4.69, 9.17) is 0 Å². The molecule has 0 saturated carbocycles. The van der Waals surface area contributed by atoms with E-state index in [-0.39, 0.29) is 5.73 Å². The summed E-state index contributed by atoms with van der Waals surface area (Å²) in [6.07, 6.45) is -16.1. The topological polar surface area (TPSA) is 0 Å². The molecular weight excluding hydrogens is 243 g/mol. The van der Waals surface area contributed by atoms with Gasteiger partial charge in [-0.3, -0.25) is 0 Å². The second-order valence-corrected chi connectivity index (χ2v) is 2.14. The third-order valence-electron chi connectivity index (χ3n) is 1.00. The monoisotopic (exact) mass is 244 g/mol. The van der Waals surface area contributed by atoms with Gasteiger partial charge in [-0.05, 0) is 0 Å². The van der Waals surface area contributed by atoms with Crippen LogP contribution >= 0.6 is 0 Å². The van der Waals surface area contributed by atoms with E-state index in [2.05, 4.69) is 0 Å². The molecule has 0 unspecified atom stereocenters. The van der Waals surface area contributed by atoms with Crippen molar-refractivity contribution in [1.29, 1.82) is 0 Å². The van der Waals surface area contributed by atoms with E-state index in [1.54, 1.807) is 0 Å². The molecule has 0 aromatic carbocycles. The molecule has 0 aliphatic rings. The van der Waals surface area contributed by atoms with E-state index in [1.807, 2.05) is 0 Å². The largest absolute Gasteiger partial charge is 0.428 e. The summed E-state index contributed by atoms with van der Waals surface area (Å²) in [5.41, 5.74) is -3.47. The van der Waals surface area contributed by atoms with Crippen LogP contribution in [0, 0.1) is 0 Å². The molecule has 0 fully saturated rings. The molecule has 0 spiro atoms. The predicted octanol–water partition coefficient (Wildman–Crippen LogP) is 3.75. The Morgan fingerprint density at radius 3 is 1.40 bits per heavy atom. The SMILES string of the molecule is FC(=C=C(C(F)(F)F)C(F)(F)F)C(F)F. The smallest absolute Gasteiger partial charge is 0.202 e. The van der Waals surface area contributed by atoms with Crippen LogP contribution in [-0.4, -0.2) is 18.8 Å². The minimum Gasteiger partial charge on any atom is -0.202 e. The predicted molar refractivity (Wildman–Crippen MR) is 29.8 cm³/mol. The lowest BCUT2D eigenvalue weighted by molar-refractivity contribution is -0.171. The van der Waals surface area contributed by atoms with Crippen LogP contribution < -0.4 is 0 Å². The van der Waals surface area contributed by atoms with Gasteiger partial charge in [0, 0.05) is 0 Å². The molecule has 0 aliphatic heterocycles. The third kappa shape index (κ3) is 4.28. The molecule has 88 valence electrons. The van der Waals surface area contributed by atoms with Gasteiger partial charge in [0.25, 0.3) is 6.43 Å². The molecule has 0 radical (unpaired) electrons. The number of allylic oxidation sites excluding steroid dienone is 1. The molecule has 15 heavy (non-hydrogen) atoms. The summed E-state index contributed by atoms with van der Waals surface area (Å²) in [4.78, 5) is 0. The van der Waals surface area contributed by atoms with Crippen molar-refractivity contribution in [3.05, 3.63) is 17.1 Å². The van der Waals surface area contributed by atoms with Gasteiger partial charge in [0.15, 0.2) is 5.57 Å². The lowest BCUT2D eigenvalue weighted by Gasteiger charge is -2.12. The summed E-state index contributed by atoms with van der Waals surface area (Å²) in [5, 5.41) is 0. The molecule has 0 aromatic rings. The van der Waals surface area contributed by atoms with Crippen molar-refractivity contribution in [2.24, 2.45) is 0 Å². The average molecular weight is 244 g/mol. The first-order valence-corrected chi connectivity index (χ1v) is 3.05. The highest BCUT2D eigenvalue weighted by molar-refractivity contribution is 5.17. The molecule has 0 atom stereocenters. The van der Waals surface area contributed by atoms with Crippen LogP contribution in [0.1, 0.15) is 0 Å². The maximum Gasteiger partial charge on any atom is 0.428 e. The van der Waals surface area contributed by atoms with Gasteiger partial charge >= 0.3 is 12.4 Å². The van der Waals surface area contributed by atoms with E-state index < -0.39 is 30.2 Å². The quantitative estimate of drug-likeness (QED) is 0.486. The van der Waals surface area contributed by atoms with Gasteiger partial charge in [-0.25, -0.2) is 8.78 Å². The van der Waals surface area contributed by atoms with Crippen molar-refractivity contribution in [2.75, 3.05) is 0 Å². The highest BCUT2D eigenvalue weighted by Gasteiger charge is 2.51. The Hall–Kier alpha value is -1.11. The fourth-order valence-corrected chi connectivity index (χ4v) is 0.476. The van der Waals surface area contributed by atoms with Crippen molar-refractivity contribution in [1.82, 2.24) is 0 Å². The Morgan fingerprint density at radius 2 is 1.20 bits per heavy atom. The van der Waals surface area contributed by atoms with E-state index in [1.165, 1.54) is 0 Å². The van der Waals surface area contributed by atoms with E-state index in [0.29, 0.717) is 0 Å². The van der Waals surface area contributed by atoms with E-state index in [9.17, 15) is 39.5 Å². The van der Waals surface area contributed by atoms with Crippen molar-refractivity contribution in [3.63, 3.8) is 0 Å². The highest BCUT2D eigenvalue weighted by Crippen LogP contribution is 2.38. The number of hydrogen-bond acceptors (Lipinski definition) is 0. The Balaban J connectivity index is 5.63. The van der Waals surface area contributed by atoms with Gasteiger partial charge in [0.2, 0.25) is 5.83 Å². The van der Waals surface area contributed by atoms with Crippen LogP contribution in [0.4, 0.5) is 39.5 Å². The fourth-order valence-electron chi connectivity index (χ4n) is 0.476. The van der Waals surface area contributed by atoms with Gasteiger partial charge in [-0.2, -0.15) is 30.7 Å². The zero-order valence-electron chi connectivity index (χ0n) is 6.48. The van der Waals surface area contributed by atoms with Crippen LogP contribution in [0.5, 0.6) is 0 Å². The maximum atomic E-state index is 11.9. The van der Waals surface area contributed by atoms with Crippen LogP contribution in [-0.2, 0) is 0 Å². The summed E-state index contributed by atoms with van der Waals surface area (Å²) >= 11 is 0. The molecule has 0 amide bonds. The van der Waals surface area contributed by atoms with E-state index in [0.717, 1.165) is 0 Å². The second-order valence-electron chi connectivity index (χ2n) is 2.14. The highest BCUT2D eigenvalue weighted by atomic mass is 19.4. The Kier molecular flexibility index (Phi) is 3.87. The normalized spacial score (nSPS) is 12.7. The molecule has 0 rings (SSSR count). The third-order valence-corrected chi connectivity index (χ3v) is 1.00. The summed E-state index contributed by atoms with van der Waals surface area (Å²) in [5.74, 6) is -2.92. The standard InChI is InChI=1S/C6HF9/c7-2(4(8)9)1-3(5(10,11)12)6(13,14)15/h4H. The number of rotatable bonds is 1. The second kappa shape index (κ2) is 4.18. The molecule has 0 aliphatic carbocycles. The summed E-state index contributed by atoms with van der Waals surface area (Å²) in [7, 11) is 0. The van der Waals surface area contributed by atoms with Crippen LogP contribution in [0.3, 0.4) is 0 Å². The first-order chi connectivity index (χ1) is 6.46. The van der Waals surface area contributed by atoms with E-state index >= 15 is 0 Å². The molecular formula is C6HF9. The maximum absolute atomic E-state index is 11.9. The molecule has 0 bridgehead atoms. The lowest BCUT2D eigenvalue weighted by atomic mass is 10.2. The first-order valence-electron chi connectivity index (χ1n) is 3.05. The molecule has 0 N–H and O–H groups in total. The summed E-state index contributed by atoms with van der Waals surface area (Å²) in [6, 6.07) is 0. The fraction of sp³-hybridized carbons (Fsp3) is 0.500. The lowest BCUT2D eigenvalue weighted by Crippen LogP contribution is -2.25. The molecule has 0 nitrogen and oxygen atoms in total. The molecule has 0 aromatic heterocycles. The van der Waals surface area contributed by atoms with Crippen molar-refractivity contribution in [3.8, 4) is 0 Å². The summed E-state index contributed by atoms with van der Waals surface area (Å²) in [6.45, 7) is 0. The molecule has 0 saturated heterocycles. The Bertz CT molecular complexity index is 269. The van der Waals surface area contributed by atoms with Gasteiger partial charge in [-0.1, -0.05) is 5.73 Å². The van der Waals surface area contributed by atoms with Gasteiger partial charge in [0.1, 0.15) is 0 Å². The van der Waals surface area contributed by atoms with Crippen LogP contribution in [0.2, 0.25) is 0 Å². The number of halogens is 9. The minimum atomic E-state index is -6.00. The van der Waals surface area contributed by atoms with Gasteiger partial charge < -0.3 is 0 Å². The van der Waals surface area contributed by atoms with Crippen molar-refractivity contribution >= 4 is 0 Å². The summed E-state index contributed by atoms with van der Waals surface area (Å²) < 4.78 is 104. The van der Waals surface area contributed by atoms with Gasteiger partial charge in [0.05, 0.1) is 0 Å². The van der Waals surface area contributed by atoms with Gasteiger partial charge in [-0.15, -0.1) is 0 Å². The zero-order valence-corrected chi connectivity index (χ0v) is 6.48. The first kappa shape index (κ1) is 13.9. The number of alkyl halides is 8. The Labute approximate surface area is 76.7 Å². The zero-order chi connectivity index (χ0) is 12.4. The van der Waals surface area contributed by atoms with Crippen LogP contribution in [0.25, 0.3) is 0 Å². The van der Waals surface area contributed by atoms with Crippen molar-refractivity contribution in [2.45, 2.75) is 18.8 Å². The minimum absolute atomic E-state index is 0.0370. The Morgan fingerprint density at radius 1 is 0.867 bits per heavy atom. The molecule has 9 heteroatoms. The molecule has 0 heterocycles. The van der Waals surface area contributed by atoms with Crippen LogP contribution in [0.15, 0.2) is 17.1 Å². The van der Waals surface area contributed by atoms with Crippen molar-refractivity contribution < 1.29 is 39.5 Å². The number of hydrogen-bond donors (Lipinski definition) is 0.